The number of benzene rings is 2. The fraction of sp³-hybridized carbons (Fsp3) is 0.250. The molecule has 2 aromatic heterocycles. The van der Waals surface area contributed by atoms with Gasteiger partial charge in [-0.15, -0.1) is 0 Å². The molecule has 0 radical (unpaired) electrons. The van der Waals surface area contributed by atoms with Crippen molar-refractivity contribution in [2.75, 3.05) is 0 Å². The van der Waals surface area contributed by atoms with Gasteiger partial charge in [-0.25, -0.2) is 4.39 Å². The Labute approximate surface area is 162 Å². The summed E-state index contributed by atoms with van der Waals surface area (Å²) in [6, 6.07) is 14.7. The van der Waals surface area contributed by atoms with Crippen LogP contribution in [0.1, 0.15) is 47.6 Å². The van der Waals surface area contributed by atoms with Gasteiger partial charge in [-0.3, -0.25) is 9.78 Å². The second kappa shape index (κ2) is 5.99. The molecule has 0 saturated heterocycles. The minimum Gasteiger partial charge on any atom is -0.353 e. The third kappa shape index (κ3) is 2.71. The molecular weight excluding hydrogens is 351 g/mol. The second-order valence-electron chi connectivity index (χ2n) is 8.55. The number of aromatic amines is 1. The smallest absolute Gasteiger partial charge is 0.165 e. The highest BCUT2D eigenvalue weighted by molar-refractivity contribution is 6.19. The molecule has 0 spiro atoms. The molecule has 1 aliphatic rings. The van der Waals surface area contributed by atoms with Crippen molar-refractivity contribution in [3.05, 3.63) is 76.9 Å². The summed E-state index contributed by atoms with van der Waals surface area (Å²) in [5.41, 5.74) is 5.13. The number of Topliss-reactive ketones (excluding diaryl/α,β-unsaturated/α-hetero) is 1. The number of fused-ring (bicyclic) bond motifs is 5. The van der Waals surface area contributed by atoms with E-state index in [1.165, 1.54) is 6.07 Å². The maximum atomic E-state index is 13.7. The van der Waals surface area contributed by atoms with Gasteiger partial charge in [0.15, 0.2) is 5.78 Å². The van der Waals surface area contributed by atoms with E-state index in [2.05, 4.69) is 18.8 Å². The molecule has 3 nitrogen and oxygen atoms in total. The van der Waals surface area contributed by atoms with Crippen molar-refractivity contribution in [3.8, 4) is 0 Å². The van der Waals surface area contributed by atoms with Crippen LogP contribution >= 0.6 is 0 Å². The lowest BCUT2D eigenvalue weighted by molar-refractivity contribution is 0.0912. The van der Waals surface area contributed by atoms with Gasteiger partial charge in [0.2, 0.25) is 0 Å². The molecule has 5 rings (SSSR count). The second-order valence-corrected chi connectivity index (χ2v) is 8.55. The predicted molar refractivity (Wildman–Crippen MR) is 109 cm³/mol. The average Bonchev–Trinajstić information content (AvgIpc) is 3.00. The van der Waals surface area contributed by atoms with Crippen LogP contribution in [0, 0.1) is 11.2 Å². The summed E-state index contributed by atoms with van der Waals surface area (Å²) in [5, 5.41) is 2.01. The molecule has 0 saturated carbocycles. The van der Waals surface area contributed by atoms with Crippen LogP contribution in [0.3, 0.4) is 0 Å². The first kappa shape index (κ1) is 17.1. The minimum atomic E-state index is -0.250. The Morgan fingerprint density at radius 3 is 2.75 bits per heavy atom. The normalized spacial score (nSPS) is 15.9. The lowest BCUT2D eigenvalue weighted by atomic mass is 9.74. The van der Waals surface area contributed by atoms with Gasteiger partial charge >= 0.3 is 0 Å². The molecule has 0 amide bonds. The van der Waals surface area contributed by atoms with Crippen molar-refractivity contribution in [2.45, 2.75) is 33.1 Å². The van der Waals surface area contributed by atoms with Crippen molar-refractivity contribution in [1.29, 1.82) is 0 Å². The number of carbonyl (C=O) groups excluding carboxylic acids is 1. The first-order valence-electron chi connectivity index (χ1n) is 9.61. The van der Waals surface area contributed by atoms with E-state index in [1.807, 2.05) is 30.3 Å². The Kier molecular flexibility index (Phi) is 3.66. The summed E-state index contributed by atoms with van der Waals surface area (Å²) < 4.78 is 13.7. The number of nitrogens with zero attached hydrogens (tertiary/aromatic N) is 1. The molecule has 1 N–H and O–H groups in total. The molecule has 0 fully saturated rings. The molecule has 140 valence electrons. The summed E-state index contributed by atoms with van der Waals surface area (Å²) in [6.07, 6.45) is 1.81. The summed E-state index contributed by atoms with van der Waals surface area (Å²) in [5.74, 6) is -0.0922. The largest absolute Gasteiger partial charge is 0.353 e. The van der Waals surface area contributed by atoms with Gasteiger partial charge in [0, 0.05) is 34.7 Å². The van der Waals surface area contributed by atoms with Crippen LogP contribution in [0.15, 0.2) is 48.5 Å². The zero-order chi connectivity index (χ0) is 19.5. The highest BCUT2D eigenvalue weighted by Crippen LogP contribution is 2.40. The van der Waals surface area contributed by atoms with Crippen LogP contribution in [0.25, 0.3) is 21.8 Å². The van der Waals surface area contributed by atoms with Gasteiger partial charge in [-0.2, -0.15) is 0 Å². The molecule has 4 heteroatoms. The number of hydrogen-bond acceptors (Lipinski definition) is 2. The van der Waals surface area contributed by atoms with Crippen molar-refractivity contribution in [3.63, 3.8) is 0 Å². The van der Waals surface area contributed by atoms with Gasteiger partial charge in [-0.1, -0.05) is 44.2 Å². The number of ketones is 1. The van der Waals surface area contributed by atoms with E-state index in [-0.39, 0.29) is 17.0 Å². The molecule has 1 aliphatic carbocycles. The molecule has 0 bridgehead atoms. The van der Waals surface area contributed by atoms with Crippen LogP contribution in [-0.4, -0.2) is 15.8 Å². The Hall–Kier alpha value is -3.01. The van der Waals surface area contributed by atoms with Crippen molar-refractivity contribution in [2.24, 2.45) is 5.41 Å². The molecular formula is C24H21FN2O. The molecule has 0 aliphatic heterocycles. The standard InChI is InChI=1S/C24H21FN2O/c1-24(2)12-19-22(20(28)13-24)21-16-8-3-4-9-17(16)27-23(21)18(26-19)11-14-6-5-7-15(25)10-14/h3-10,27H,11-13H2,1-2H3. The minimum absolute atomic E-state index is 0.104. The zero-order valence-electron chi connectivity index (χ0n) is 16.0. The van der Waals surface area contributed by atoms with Crippen molar-refractivity contribution < 1.29 is 9.18 Å². The SMILES string of the molecule is CC1(C)CC(=O)c2c(nc(Cc3cccc(F)c3)c3[nH]c4ccccc4c23)C1. The average molecular weight is 372 g/mol. The number of pyridine rings is 1. The van der Waals surface area contributed by atoms with Crippen molar-refractivity contribution >= 4 is 27.6 Å². The molecule has 28 heavy (non-hydrogen) atoms. The maximum Gasteiger partial charge on any atom is 0.165 e. The first-order chi connectivity index (χ1) is 13.4. The van der Waals surface area contributed by atoms with Crippen LogP contribution < -0.4 is 0 Å². The number of carbonyl (C=O) groups is 1. The fourth-order valence-electron chi connectivity index (χ4n) is 4.47. The van der Waals surface area contributed by atoms with Gasteiger partial charge < -0.3 is 4.98 Å². The number of rotatable bonds is 2. The number of H-pyrrole nitrogens is 1. The number of aromatic nitrogens is 2. The molecule has 0 atom stereocenters. The monoisotopic (exact) mass is 372 g/mol. The summed E-state index contributed by atoms with van der Waals surface area (Å²) in [7, 11) is 0. The number of halogens is 1. The quantitative estimate of drug-likeness (QED) is 0.498. The first-order valence-corrected chi connectivity index (χ1v) is 9.61. The summed E-state index contributed by atoms with van der Waals surface area (Å²) >= 11 is 0. The fourth-order valence-corrected chi connectivity index (χ4v) is 4.47. The van der Waals surface area contributed by atoms with Crippen LogP contribution in [0.5, 0.6) is 0 Å². The highest BCUT2D eigenvalue weighted by atomic mass is 19.1. The van der Waals surface area contributed by atoms with E-state index in [1.54, 1.807) is 12.1 Å². The summed E-state index contributed by atoms with van der Waals surface area (Å²) in [4.78, 5) is 21.5. The Morgan fingerprint density at radius 2 is 1.93 bits per heavy atom. The van der Waals surface area contributed by atoms with Crippen LogP contribution in [0.2, 0.25) is 0 Å². The van der Waals surface area contributed by atoms with Gasteiger partial charge in [0.25, 0.3) is 0 Å². The van der Waals surface area contributed by atoms with Gasteiger partial charge in [0.1, 0.15) is 5.82 Å². The topological polar surface area (TPSA) is 45.8 Å². The lowest BCUT2D eigenvalue weighted by Gasteiger charge is -2.30. The molecule has 2 heterocycles. The van der Waals surface area contributed by atoms with E-state index in [9.17, 15) is 9.18 Å². The molecule has 4 aromatic rings. The third-order valence-electron chi connectivity index (χ3n) is 5.63. The van der Waals surface area contributed by atoms with E-state index in [4.69, 9.17) is 4.98 Å². The van der Waals surface area contributed by atoms with Gasteiger partial charge in [-0.05, 0) is 35.6 Å². The number of para-hydroxylation sites is 1. The van der Waals surface area contributed by atoms with Crippen molar-refractivity contribution in [1.82, 2.24) is 9.97 Å². The Balaban J connectivity index is 1.81. The highest BCUT2D eigenvalue weighted by Gasteiger charge is 2.34. The molecule has 2 aromatic carbocycles. The van der Waals surface area contributed by atoms with Crippen LogP contribution in [-0.2, 0) is 12.8 Å². The third-order valence-corrected chi connectivity index (χ3v) is 5.63. The molecule has 0 unspecified atom stereocenters. The predicted octanol–water partition coefficient (Wildman–Crippen LogP) is 5.60. The van der Waals surface area contributed by atoms with Gasteiger partial charge in [0.05, 0.1) is 16.9 Å². The number of hydrogen-bond donors (Lipinski definition) is 1. The Morgan fingerprint density at radius 1 is 1.11 bits per heavy atom. The lowest BCUT2D eigenvalue weighted by Crippen LogP contribution is -2.28. The van der Waals surface area contributed by atoms with E-state index in [0.717, 1.165) is 50.7 Å². The van der Waals surface area contributed by atoms with E-state index < -0.39 is 0 Å². The van der Waals surface area contributed by atoms with Crippen LogP contribution in [0.4, 0.5) is 4.39 Å². The van der Waals surface area contributed by atoms with E-state index in [0.29, 0.717) is 12.8 Å². The zero-order valence-corrected chi connectivity index (χ0v) is 16.0. The Bertz CT molecular complexity index is 1250. The summed E-state index contributed by atoms with van der Waals surface area (Å²) in [6.45, 7) is 4.22. The van der Waals surface area contributed by atoms with E-state index >= 15 is 0 Å². The maximum absolute atomic E-state index is 13.7. The number of nitrogens with one attached hydrogen (secondary N) is 1.